The summed E-state index contributed by atoms with van der Waals surface area (Å²) in [4.78, 5) is 0. The average Bonchev–Trinajstić information content (AvgIpc) is 2.12. The van der Waals surface area contributed by atoms with Gasteiger partial charge in [0.15, 0.2) is 0 Å². The molecule has 2 saturated heterocycles. The Morgan fingerprint density at radius 2 is 1.93 bits per heavy atom. The highest BCUT2D eigenvalue weighted by atomic mass is 32.2. The number of hydrogen-bond acceptors (Lipinski definition) is 4. The zero-order valence-electron chi connectivity index (χ0n) is 8.20. The van der Waals surface area contributed by atoms with Crippen LogP contribution in [0.5, 0.6) is 0 Å². The van der Waals surface area contributed by atoms with E-state index < -0.39 is 9.84 Å². The molecule has 0 amide bonds. The van der Waals surface area contributed by atoms with Gasteiger partial charge in [-0.2, -0.15) is 0 Å². The van der Waals surface area contributed by atoms with E-state index in [1.807, 2.05) is 0 Å². The summed E-state index contributed by atoms with van der Waals surface area (Å²) in [6.07, 6.45) is 2.56. The maximum Gasteiger partial charge on any atom is 0.150 e. The van der Waals surface area contributed by atoms with Crippen LogP contribution in [0.4, 0.5) is 0 Å². The van der Waals surface area contributed by atoms with E-state index in [2.05, 4.69) is 5.32 Å². The Labute approximate surface area is 84.6 Å². The normalized spacial score (nSPS) is 35.6. The standard InChI is InChI=1S/C9H17NO3S/c11-8-1-4-10-9(7-8)2-5-14(12,13)6-3-9/h8,10-11H,1-7H2. The molecule has 0 radical (unpaired) electrons. The van der Waals surface area contributed by atoms with Crippen molar-refractivity contribution in [1.82, 2.24) is 5.32 Å². The minimum atomic E-state index is -2.80. The summed E-state index contributed by atoms with van der Waals surface area (Å²) in [5.41, 5.74) is -0.0943. The Balaban J connectivity index is 2.04. The van der Waals surface area contributed by atoms with Gasteiger partial charge >= 0.3 is 0 Å². The van der Waals surface area contributed by atoms with E-state index in [9.17, 15) is 13.5 Å². The van der Waals surface area contributed by atoms with Crippen molar-refractivity contribution in [2.24, 2.45) is 0 Å². The molecular formula is C9H17NO3S. The lowest BCUT2D eigenvalue weighted by atomic mass is 9.82. The largest absolute Gasteiger partial charge is 0.393 e. The van der Waals surface area contributed by atoms with Crippen LogP contribution in [0.1, 0.15) is 25.7 Å². The van der Waals surface area contributed by atoms with Crippen LogP contribution in [0.2, 0.25) is 0 Å². The fourth-order valence-corrected chi connectivity index (χ4v) is 4.05. The molecule has 2 heterocycles. The van der Waals surface area contributed by atoms with E-state index in [1.54, 1.807) is 0 Å². The molecule has 1 spiro atoms. The second-order valence-corrected chi connectivity index (χ2v) is 6.81. The quantitative estimate of drug-likeness (QED) is 0.586. The van der Waals surface area contributed by atoms with Crippen molar-refractivity contribution in [2.75, 3.05) is 18.1 Å². The summed E-state index contributed by atoms with van der Waals surface area (Å²) in [5, 5.41) is 12.9. The van der Waals surface area contributed by atoms with Crippen LogP contribution in [0.3, 0.4) is 0 Å². The lowest BCUT2D eigenvalue weighted by Crippen LogP contribution is -2.56. The number of nitrogens with one attached hydrogen (secondary N) is 1. The first kappa shape index (κ1) is 10.4. The molecule has 2 N–H and O–H groups in total. The van der Waals surface area contributed by atoms with Gasteiger partial charge in [-0.15, -0.1) is 0 Å². The first-order valence-corrected chi connectivity index (χ1v) is 6.97. The summed E-state index contributed by atoms with van der Waals surface area (Å²) in [6, 6.07) is 0. The van der Waals surface area contributed by atoms with Crippen LogP contribution in [0.15, 0.2) is 0 Å². The Bertz CT molecular complexity index is 298. The zero-order valence-corrected chi connectivity index (χ0v) is 9.02. The zero-order chi connectivity index (χ0) is 10.2. The van der Waals surface area contributed by atoms with E-state index in [0.29, 0.717) is 19.3 Å². The predicted octanol–water partition coefficient (Wildman–Crippen LogP) is -0.322. The minimum absolute atomic E-state index is 0.0943. The Morgan fingerprint density at radius 1 is 1.29 bits per heavy atom. The topological polar surface area (TPSA) is 66.4 Å². The molecule has 0 bridgehead atoms. The Kier molecular flexibility index (Phi) is 2.57. The summed E-state index contributed by atoms with van der Waals surface area (Å²) in [5.74, 6) is 0.541. The molecule has 0 aromatic carbocycles. The van der Waals surface area contributed by atoms with E-state index in [-0.39, 0.29) is 23.1 Å². The number of aliphatic hydroxyl groups excluding tert-OH is 1. The van der Waals surface area contributed by atoms with Gasteiger partial charge in [0.25, 0.3) is 0 Å². The van der Waals surface area contributed by atoms with Crippen LogP contribution >= 0.6 is 0 Å². The fraction of sp³-hybridized carbons (Fsp3) is 1.00. The Morgan fingerprint density at radius 3 is 2.50 bits per heavy atom. The first-order chi connectivity index (χ1) is 6.52. The Hall–Kier alpha value is -0.130. The third-order valence-corrected chi connectivity index (χ3v) is 5.04. The van der Waals surface area contributed by atoms with Gasteiger partial charge in [-0.3, -0.25) is 0 Å². The fourth-order valence-electron chi connectivity index (χ4n) is 2.44. The van der Waals surface area contributed by atoms with Crippen molar-refractivity contribution in [3.05, 3.63) is 0 Å². The highest BCUT2D eigenvalue weighted by Crippen LogP contribution is 2.31. The monoisotopic (exact) mass is 219 g/mol. The van der Waals surface area contributed by atoms with Gasteiger partial charge in [-0.1, -0.05) is 0 Å². The summed E-state index contributed by atoms with van der Waals surface area (Å²) in [6.45, 7) is 0.807. The van der Waals surface area contributed by atoms with E-state index in [4.69, 9.17) is 0 Å². The van der Waals surface area contributed by atoms with Crippen molar-refractivity contribution >= 4 is 9.84 Å². The number of sulfone groups is 1. The van der Waals surface area contributed by atoms with Gasteiger partial charge in [0.05, 0.1) is 17.6 Å². The van der Waals surface area contributed by atoms with Crippen molar-refractivity contribution in [3.63, 3.8) is 0 Å². The van der Waals surface area contributed by atoms with Gasteiger partial charge in [0, 0.05) is 5.54 Å². The van der Waals surface area contributed by atoms with Crippen LogP contribution in [-0.4, -0.2) is 43.2 Å². The highest BCUT2D eigenvalue weighted by molar-refractivity contribution is 7.91. The van der Waals surface area contributed by atoms with Gasteiger partial charge in [0.2, 0.25) is 0 Å². The van der Waals surface area contributed by atoms with Crippen molar-refractivity contribution in [1.29, 1.82) is 0 Å². The molecule has 5 heteroatoms. The van der Waals surface area contributed by atoms with Gasteiger partial charge in [0.1, 0.15) is 9.84 Å². The van der Waals surface area contributed by atoms with Crippen LogP contribution in [0.25, 0.3) is 0 Å². The maximum absolute atomic E-state index is 11.3. The third-order valence-electron chi connectivity index (χ3n) is 3.39. The molecule has 14 heavy (non-hydrogen) atoms. The second-order valence-electron chi connectivity index (χ2n) is 4.51. The van der Waals surface area contributed by atoms with Gasteiger partial charge in [-0.25, -0.2) is 8.42 Å². The SMILES string of the molecule is O=S1(=O)CCC2(CC1)CC(O)CCN2. The van der Waals surface area contributed by atoms with Crippen LogP contribution in [-0.2, 0) is 9.84 Å². The molecule has 1 atom stereocenters. The lowest BCUT2D eigenvalue weighted by molar-refractivity contribution is 0.0720. The molecule has 82 valence electrons. The maximum atomic E-state index is 11.3. The number of hydrogen-bond donors (Lipinski definition) is 2. The van der Waals surface area contributed by atoms with Crippen LogP contribution in [0, 0.1) is 0 Å². The van der Waals surface area contributed by atoms with E-state index in [1.165, 1.54) is 0 Å². The molecular weight excluding hydrogens is 202 g/mol. The number of piperidine rings is 1. The summed E-state index contributed by atoms with van der Waals surface area (Å²) in [7, 11) is -2.80. The first-order valence-electron chi connectivity index (χ1n) is 5.15. The summed E-state index contributed by atoms with van der Waals surface area (Å²) >= 11 is 0. The third kappa shape index (κ3) is 2.10. The molecule has 0 aliphatic carbocycles. The molecule has 0 saturated carbocycles. The molecule has 2 rings (SSSR count). The van der Waals surface area contributed by atoms with Crippen molar-refractivity contribution in [3.8, 4) is 0 Å². The highest BCUT2D eigenvalue weighted by Gasteiger charge is 2.40. The lowest BCUT2D eigenvalue weighted by Gasteiger charge is -2.43. The number of aliphatic hydroxyl groups is 1. The van der Waals surface area contributed by atoms with Crippen LogP contribution < -0.4 is 5.32 Å². The van der Waals surface area contributed by atoms with Gasteiger partial charge < -0.3 is 10.4 Å². The number of rotatable bonds is 0. The smallest absolute Gasteiger partial charge is 0.150 e. The molecule has 2 fully saturated rings. The van der Waals surface area contributed by atoms with Gasteiger partial charge in [-0.05, 0) is 32.2 Å². The molecule has 2 aliphatic heterocycles. The predicted molar refractivity (Wildman–Crippen MR) is 53.9 cm³/mol. The molecule has 0 aromatic rings. The van der Waals surface area contributed by atoms with E-state index in [0.717, 1.165) is 13.0 Å². The molecule has 1 unspecified atom stereocenters. The molecule has 2 aliphatic rings. The minimum Gasteiger partial charge on any atom is -0.393 e. The van der Waals surface area contributed by atoms with Crippen molar-refractivity contribution < 1.29 is 13.5 Å². The molecule has 0 aromatic heterocycles. The summed E-state index contributed by atoms with van der Waals surface area (Å²) < 4.78 is 22.5. The molecule has 4 nitrogen and oxygen atoms in total. The van der Waals surface area contributed by atoms with E-state index >= 15 is 0 Å². The second kappa shape index (κ2) is 3.47. The average molecular weight is 219 g/mol. The van der Waals surface area contributed by atoms with Crippen molar-refractivity contribution in [2.45, 2.75) is 37.3 Å².